The Morgan fingerprint density at radius 3 is 2.46 bits per heavy atom. The minimum Gasteiger partial charge on any atom is -0.381 e. The summed E-state index contributed by atoms with van der Waals surface area (Å²) in [6, 6.07) is 0.366. The second kappa shape index (κ2) is 8.52. The molecule has 0 aromatic rings. The molecule has 0 fully saturated rings. The van der Waals surface area contributed by atoms with Crippen LogP contribution >= 0.6 is 0 Å². The van der Waals surface area contributed by atoms with Crippen molar-refractivity contribution in [1.82, 2.24) is 0 Å². The Hall–Kier alpha value is -0.0800. The van der Waals surface area contributed by atoms with Crippen LogP contribution in [0.25, 0.3) is 0 Å². The molecule has 0 radical (unpaired) electrons. The van der Waals surface area contributed by atoms with Crippen LogP contribution in [-0.4, -0.2) is 19.3 Å². The fourth-order valence-electron chi connectivity index (χ4n) is 1.42. The van der Waals surface area contributed by atoms with E-state index in [1.54, 1.807) is 0 Å². The Morgan fingerprint density at radius 1 is 1.23 bits per heavy atom. The van der Waals surface area contributed by atoms with Gasteiger partial charge in [0, 0.05) is 19.3 Å². The number of nitrogens with two attached hydrogens (primary N) is 1. The fourth-order valence-corrected chi connectivity index (χ4v) is 1.42. The zero-order valence-electron chi connectivity index (χ0n) is 9.38. The van der Waals surface area contributed by atoms with Crippen LogP contribution in [0.3, 0.4) is 0 Å². The third-order valence-electron chi connectivity index (χ3n) is 1.99. The van der Waals surface area contributed by atoms with Gasteiger partial charge in [-0.15, -0.1) is 0 Å². The molecule has 1 unspecified atom stereocenters. The summed E-state index contributed by atoms with van der Waals surface area (Å²) in [6.07, 6.45) is 4.45. The van der Waals surface area contributed by atoms with Gasteiger partial charge in [0.25, 0.3) is 0 Å². The van der Waals surface area contributed by atoms with Crippen molar-refractivity contribution in [3.05, 3.63) is 0 Å². The van der Waals surface area contributed by atoms with Crippen LogP contribution in [0.15, 0.2) is 0 Å². The molecule has 0 aliphatic rings. The van der Waals surface area contributed by atoms with Crippen molar-refractivity contribution in [2.75, 3.05) is 13.2 Å². The summed E-state index contributed by atoms with van der Waals surface area (Å²) < 4.78 is 5.38. The molecule has 0 saturated heterocycles. The molecule has 0 bridgehead atoms. The molecule has 80 valence electrons. The van der Waals surface area contributed by atoms with Gasteiger partial charge in [-0.3, -0.25) is 0 Å². The minimum atomic E-state index is 0.366. The summed E-state index contributed by atoms with van der Waals surface area (Å²) in [5, 5.41) is 0. The Kier molecular flexibility index (Phi) is 8.46. The summed E-state index contributed by atoms with van der Waals surface area (Å²) in [7, 11) is 0. The second-order valence-electron chi connectivity index (χ2n) is 4.14. The predicted octanol–water partition coefficient (Wildman–Crippen LogP) is 2.57. The standard InChI is InChI=1S/C11H25NO/c1-4-7-13-8-5-6-11(12)9-10(2)3/h10-11H,4-9,12H2,1-3H3. The smallest absolute Gasteiger partial charge is 0.0466 e. The summed E-state index contributed by atoms with van der Waals surface area (Å²) in [4.78, 5) is 0. The third kappa shape index (κ3) is 9.84. The maximum atomic E-state index is 5.93. The molecule has 0 aromatic heterocycles. The van der Waals surface area contributed by atoms with E-state index >= 15 is 0 Å². The summed E-state index contributed by atoms with van der Waals surface area (Å²) in [5.74, 6) is 0.714. The molecule has 0 rings (SSSR count). The maximum Gasteiger partial charge on any atom is 0.0466 e. The highest BCUT2D eigenvalue weighted by atomic mass is 16.5. The lowest BCUT2D eigenvalue weighted by atomic mass is 10.0. The average Bonchev–Trinajstić information content (AvgIpc) is 2.02. The van der Waals surface area contributed by atoms with Crippen LogP contribution in [0.4, 0.5) is 0 Å². The highest BCUT2D eigenvalue weighted by Gasteiger charge is 2.04. The van der Waals surface area contributed by atoms with Crippen LogP contribution < -0.4 is 5.73 Å². The maximum absolute atomic E-state index is 5.93. The molecule has 0 saturated carbocycles. The molecular formula is C11H25NO. The molecule has 2 nitrogen and oxygen atoms in total. The van der Waals surface area contributed by atoms with E-state index in [0.717, 1.165) is 38.9 Å². The van der Waals surface area contributed by atoms with Gasteiger partial charge in [-0.1, -0.05) is 20.8 Å². The molecular weight excluding hydrogens is 162 g/mol. The Labute approximate surface area is 82.8 Å². The van der Waals surface area contributed by atoms with Gasteiger partial charge in [-0.2, -0.15) is 0 Å². The van der Waals surface area contributed by atoms with E-state index in [0.29, 0.717) is 12.0 Å². The lowest BCUT2D eigenvalue weighted by Crippen LogP contribution is -2.22. The number of hydrogen-bond donors (Lipinski definition) is 1. The molecule has 1 atom stereocenters. The van der Waals surface area contributed by atoms with Crippen LogP contribution in [0.5, 0.6) is 0 Å². The first-order valence-electron chi connectivity index (χ1n) is 5.50. The van der Waals surface area contributed by atoms with E-state index in [2.05, 4.69) is 20.8 Å². The molecule has 0 aromatic carbocycles. The van der Waals surface area contributed by atoms with Crippen molar-refractivity contribution in [3.63, 3.8) is 0 Å². The van der Waals surface area contributed by atoms with E-state index in [1.165, 1.54) is 0 Å². The first kappa shape index (κ1) is 12.9. The topological polar surface area (TPSA) is 35.2 Å². The van der Waals surface area contributed by atoms with E-state index in [9.17, 15) is 0 Å². The molecule has 0 aliphatic carbocycles. The zero-order chi connectivity index (χ0) is 10.1. The molecule has 0 heterocycles. The van der Waals surface area contributed by atoms with E-state index in [-0.39, 0.29) is 0 Å². The number of ether oxygens (including phenoxy) is 1. The lowest BCUT2D eigenvalue weighted by Gasteiger charge is -2.13. The van der Waals surface area contributed by atoms with Gasteiger partial charge < -0.3 is 10.5 Å². The summed E-state index contributed by atoms with van der Waals surface area (Å²) in [5.41, 5.74) is 5.93. The Morgan fingerprint density at radius 2 is 1.92 bits per heavy atom. The van der Waals surface area contributed by atoms with Crippen molar-refractivity contribution in [1.29, 1.82) is 0 Å². The second-order valence-corrected chi connectivity index (χ2v) is 4.14. The van der Waals surface area contributed by atoms with Crippen molar-refractivity contribution in [2.24, 2.45) is 11.7 Å². The van der Waals surface area contributed by atoms with E-state index < -0.39 is 0 Å². The van der Waals surface area contributed by atoms with Gasteiger partial charge >= 0.3 is 0 Å². The van der Waals surface area contributed by atoms with Crippen LogP contribution in [-0.2, 0) is 4.74 Å². The van der Waals surface area contributed by atoms with E-state index in [1.807, 2.05) is 0 Å². The van der Waals surface area contributed by atoms with Gasteiger partial charge in [0.1, 0.15) is 0 Å². The van der Waals surface area contributed by atoms with Crippen molar-refractivity contribution >= 4 is 0 Å². The minimum absolute atomic E-state index is 0.366. The molecule has 0 amide bonds. The van der Waals surface area contributed by atoms with Crippen molar-refractivity contribution in [2.45, 2.75) is 52.5 Å². The highest BCUT2D eigenvalue weighted by Crippen LogP contribution is 2.07. The highest BCUT2D eigenvalue weighted by molar-refractivity contribution is 4.62. The summed E-state index contributed by atoms with van der Waals surface area (Å²) in [6.45, 7) is 8.32. The quantitative estimate of drug-likeness (QED) is 0.593. The number of rotatable bonds is 8. The Bertz CT molecular complexity index is 104. The van der Waals surface area contributed by atoms with Gasteiger partial charge in [-0.25, -0.2) is 0 Å². The van der Waals surface area contributed by atoms with Crippen LogP contribution in [0.1, 0.15) is 46.5 Å². The molecule has 13 heavy (non-hydrogen) atoms. The zero-order valence-corrected chi connectivity index (χ0v) is 9.38. The lowest BCUT2D eigenvalue weighted by molar-refractivity contribution is 0.129. The largest absolute Gasteiger partial charge is 0.381 e. The van der Waals surface area contributed by atoms with Crippen molar-refractivity contribution < 1.29 is 4.74 Å². The Balaban J connectivity index is 3.12. The van der Waals surface area contributed by atoms with Gasteiger partial charge in [0.15, 0.2) is 0 Å². The third-order valence-corrected chi connectivity index (χ3v) is 1.99. The predicted molar refractivity (Wildman–Crippen MR) is 57.8 cm³/mol. The first-order valence-corrected chi connectivity index (χ1v) is 5.50. The van der Waals surface area contributed by atoms with Crippen LogP contribution in [0, 0.1) is 5.92 Å². The number of hydrogen-bond acceptors (Lipinski definition) is 2. The summed E-state index contributed by atoms with van der Waals surface area (Å²) >= 11 is 0. The SMILES string of the molecule is CCCOCCCC(N)CC(C)C. The fraction of sp³-hybridized carbons (Fsp3) is 1.00. The van der Waals surface area contributed by atoms with Gasteiger partial charge in [0.2, 0.25) is 0 Å². The molecule has 2 N–H and O–H groups in total. The van der Waals surface area contributed by atoms with Crippen molar-refractivity contribution in [3.8, 4) is 0 Å². The molecule has 2 heteroatoms. The van der Waals surface area contributed by atoms with Gasteiger partial charge in [0.05, 0.1) is 0 Å². The monoisotopic (exact) mass is 187 g/mol. The molecule has 0 spiro atoms. The first-order chi connectivity index (χ1) is 6.16. The van der Waals surface area contributed by atoms with Gasteiger partial charge in [-0.05, 0) is 31.6 Å². The average molecular weight is 187 g/mol. The van der Waals surface area contributed by atoms with Crippen LogP contribution in [0.2, 0.25) is 0 Å². The molecule has 0 aliphatic heterocycles. The normalized spacial score (nSPS) is 13.6. The van der Waals surface area contributed by atoms with E-state index in [4.69, 9.17) is 10.5 Å².